The third-order valence-electron chi connectivity index (χ3n) is 6.05. The molecule has 0 unspecified atom stereocenters. The molecule has 39 heavy (non-hydrogen) atoms. The van der Waals surface area contributed by atoms with Crippen molar-refractivity contribution < 1.29 is 9.47 Å². The zero-order chi connectivity index (χ0) is 27.5. The van der Waals surface area contributed by atoms with Gasteiger partial charge in [0, 0.05) is 21.5 Å². The second-order valence-electron chi connectivity index (χ2n) is 8.28. The molecule has 0 saturated heterocycles. The van der Waals surface area contributed by atoms with Crippen LogP contribution in [-0.2, 0) is 0 Å². The van der Waals surface area contributed by atoms with Crippen molar-refractivity contribution in [1.82, 2.24) is 14.5 Å². The van der Waals surface area contributed by atoms with Crippen molar-refractivity contribution in [3.05, 3.63) is 116 Å². The van der Waals surface area contributed by atoms with Gasteiger partial charge in [0.1, 0.15) is 23.1 Å². The summed E-state index contributed by atoms with van der Waals surface area (Å²) in [5, 5.41) is 19.4. The van der Waals surface area contributed by atoms with Crippen LogP contribution in [0.4, 0.5) is 0 Å². The van der Waals surface area contributed by atoms with Gasteiger partial charge in [-0.1, -0.05) is 35.9 Å². The van der Waals surface area contributed by atoms with Gasteiger partial charge in [0.25, 0.3) is 11.1 Å². The fourth-order valence-electron chi connectivity index (χ4n) is 4.17. The molecular weight excluding hydrogens is 518 g/mol. The lowest BCUT2D eigenvalue weighted by Gasteiger charge is -2.14. The summed E-state index contributed by atoms with van der Waals surface area (Å²) in [6.45, 7) is 0. The lowest BCUT2D eigenvalue weighted by molar-refractivity contribution is 0.414. The number of hydrogen-bond donors (Lipinski definition) is 0. The predicted molar refractivity (Wildman–Crippen MR) is 149 cm³/mol. The number of fused-ring (bicyclic) bond motifs is 1. The van der Waals surface area contributed by atoms with Crippen LogP contribution in [0.3, 0.4) is 0 Å². The van der Waals surface area contributed by atoms with Gasteiger partial charge in [0.2, 0.25) is 0 Å². The van der Waals surface area contributed by atoms with Crippen molar-refractivity contribution in [2.24, 2.45) is 5.10 Å². The number of para-hydroxylation sites is 2. The van der Waals surface area contributed by atoms with Gasteiger partial charge in [-0.25, -0.2) is 0 Å². The first-order chi connectivity index (χ1) is 19.0. The number of nitriles is 1. The Morgan fingerprint density at radius 3 is 2.28 bits per heavy atom. The predicted octanol–water partition coefficient (Wildman–Crippen LogP) is 4.64. The Labute approximate surface area is 227 Å². The Morgan fingerprint density at radius 1 is 0.923 bits per heavy atom. The molecule has 0 N–H and O–H groups in total. The minimum Gasteiger partial charge on any atom is -0.496 e. The largest absolute Gasteiger partial charge is 0.496 e. The lowest BCUT2D eigenvalue weighted by atomic mass is 10.1. The van der Waals surface area contributed by atoms with E-state index in [1.54, 1.807) is 73.8 Å². The molecule has 0 amide bonds. The highest BCUT2D eigenvalue weighted by Crippen LogP contribution is 2.31. The number of hydrogen-bond acceptors (Lipinski definition) is 7. The summed E-state index contributed by atoms with van der Waals surface area (Å²) in [7, 11) is 3.05. The smallest absolute Gasteiger partial charge is 0.299 e. The van der Waals surface area contributed by atoms with Crippen molar-refractivity contribution in [3.63, 3.8) is 0 Å². The quantitative estimate of drug-likeness (QED) is 0.292. The highest BCUT2D eigenvalue weighted by Gasteiger charge is 2.21. The van der Waals surface area contributed by atoms with E-state index in [-0.39, 0.29) is 16.5 Å². The fraction of sp³-hybridized carbons (Fsp3) is 0.0690. The van der Waals surface area contributed by atoms with Crippen LogP contribution < -0.4 is 20.6 Å². The Bertz CT molecular complexity index is 1900. The molecule has 0 bridgehead atoms. The summed E-state index contributed by atoms with van der Waals surface area (Å²) in [6.07, 6.45) is 1.49. The summed E-state index contributed by atoms with van der Waals surface area (Å²) in [5.74, 6) is 1.04. The van der Waals surface area contributed by atoms with Crippen LogP contribution in [-0.4, -0.2) is 34.9 Å². The van der Waals surface area contributed by atoms with E-state index >= 15 is 0 Å². The van der Waals surface area contributed by atoms with Crippen LogP contribution in [0.25, 0.3) is 27.8 Å². The Morgan fingerprint density at radius 2 is 1.59 bits per heavy atom. The summed E-state index contributed by atoms with van der Waals surface area (Å²) >= 11 is 6.00. The molecule has 0 aliphatic rings. The number of pyridine rings is 1. The van der Waals surface area contributed by atoms with Gasteiger partial charge in [0.05, 0.1) is 31.8 Å². The highest BCUT2D eigenvalue weighted by atomic mass is 35.5. The zero-order valence-electron chi connectivity index (χ0n) is 20.8. The van der Waals surface area contributed by atoms with Crippen LogP contribution in [0.15, 0.2) is 93.6 Å². The lowest BCUT2D eigenvalue weighted by Crippen LogP contribution is -2.29. The van der Waals surface area contributed by atoms with Gasteiger partial charge in [0.15, 0.2) is 5.52 Å². The van der Waals surface area contributed by atoms with E-state index in [9.17, 15) is 14.9 Å². The van der Waals surface area contributed by atoms with Gasteiger partial charge in [-0.3, -0.25) is 9.59 Å². The number of ether oxygens (including phenoxy) is 2. The maximum absolute atomic E-state index is 14.0. The first-order valence-corrected chi connectivity index (χ1v) is 12.0. The van der Waals surface area contributed by atoms with E-state index in [4.69, 9.17) is 21.1 Å². The molecule has 0 atom stereocenters. The monoisotopic (exact) mass is 537 g/mol. The fourth-order valence-corrected chi connectivity index (χ4v) is 4.29. The van der Waals surface area contributed by atoms with Gasteiger partial charge in [-0.05, 0) is 54.6 Å². The van der Waals surface area contributed by atoms with Crippen LogP contribution >= 0.6 is 11.6 Å². The molecular formula is C29H20ClN5O4. The first kappa shape index (κ1) is 25.4. The summed E-state index contributed by atoms with van der Waals surface area (Å²) in [4.78, 5) is 27.3. The molecule has 3 aromatic carbocycles. The average Bonchev–Trinajstić information content (AvgIpc) is 2.97. The van der Waals surface area contributed by atoms with Gasteiger partial charge in [-0.2, -0.15) is 24.8 Å². The summed E-state index contributed by atoms with van der Waals surface area (Å²) < 4.78 is 13.1. The van der Waals surface area contributed by atoms with E-state index in [2.05, 4.69) is 10.2 Å². The molecule has 0 spiro atoms. The third kappa shape index (κ3) is 4.65. The van der Waals surface area contributed by atoms with Crippen LogP contribution in [0, 0.1) is 11.3 Å². The SMILES string of the molecule is COc1ccccc1/C=N/n1c(-c2ccccc2OC)cc2c(C#N)c(=O)n(-c3ccc(Cl)cc3)nc2c1=O. The van der Waals surface area contributed by atoms with Crippen molar-refractivity contribution >= 4 is 28.7 Å². The van der Waals surface area contributed by atoms with Crippen molar-refractivity contribution in [3.8, 4) is 34.5 Å². The molecule has 0 aliphatic heterocycles. The molecule has 0 saturated carbocycles. The molecule has 0 aliphatic carbocycles. The third-order valence-corrected chi connectivity index (χ3v) is 6.30. The standard InChI is InChI=1S/C29H20ClN5O4/c1-38-25-9-5-3-7-18(25)17-32-35-24(21-8-4-6-10-26(21)39-2)15-22-23(16-31)28(36)34(33-27(22)29(35)37)20-13-11-19(30)12-14-20/h3-15,17H,1-2H3/b32-17+. The molecule has 5 aromatic rings. The van der Waals surface area contributed by atoms with E-state index < -0.39 is 11.1 Å². The minimum atomic E-state index is -0.673. The molecule has 192 valence electrons. The van der Waals surface area contributed by atoms with Crippen molar-refractivity contribution in [2.45, 2.75) is 0 Å². The van der Waals surface area contributed by atoms with Crippen molar-refractivity contribution in [2.75, 3.05) is 14.2 Å². The summed E-state index contributed by atoms with van der Waals surface area (Å²) in [6, 6.07) is 24.1. The maximum atomic E-state index is 14.0. The van der Waals surface area contributed by atoms with Crippen molar-refractivity contribution in [1.29, 1.82) is 5.26 Å². The molecule has 9 nitrogen and oxygen atoms in total. The van der Waals surface area contributed by atoms with E-state index in [1.807, 2.05) is 18.2 Å². The Balaban J connectivity index is 1.86. The van der Waals surface area contributed by atoms with Crippen LogP contribution in [0.5, 0.6) is 11.5 Å². The molecule has 10 heteroatoms. The number of nitrogens with zero attached hydrogens (tertiary/aromatic N) is 5. The Kier molecular flexibility index (Phi) is 6.95. The Hall–Kier alpha value is -5.20. The molecule has 2 aromatic heterocycles. The number of methoxy groups -OCH3 is 2. The number of aromatic nitrogens is 3. The van der Waals surface area contributed by atoms with Gasteiger partial charge in [-0.15, -0.1) is 0 Å². The number of benzene rings is 3. The van der Waals surface area contributed by atoms with Gasteiger partial charge < -0.3 is 9.47 Å². The second kappa shape index (κ2) is 10.7. The van der Waals surface area contributed by atoms with Crippen LogP contribution in [0.1, 0.15) is 11.1 Å². The van der Waals surface area contributed by atoms with Crippen LogP contribution in [0.2, 0.25) is 5.02 Å². The minimum absolute atomic E-state index is 0.0994. The second-order valence-corrected chi connectivity index (χ2v) is 8.71. The topological polar surface area (TPSA) is 112 Å². The van der Waals surface area contributed by atoms with E-state index in [1.165, 1.54) is 13.3 Å². The molecule has 5 rings (SSSR count). The average molecular weight is 538 g/mol. The zero-order valence-corrected chi connectivity index (χ0v) is 21.6. The number of halogens is 1. The normalized spacial score (nSPS) is 11.0. The van der Waals surface area contributed by atoms with Gasteiger partial charge >= 0.3 is 0 Å². The molecule has 0 fully saturated rings. The van der Waals surface area contributed by atoms with E-state index in [0.29, 0.717) is 39.0 Å². The number of rotatable bonds is 6. The molecule has 2 heterocycles. The van der Waals surface area contributed by atoms with E-state index in [0.717, 1.165) is 9.36 Å². The highest BCUT2D eigenvalue weighted by molar-refractivity contribution is 6.30. The molecule has 0 radical (unpaired) electrons. The first-order valence-electron chi connectivity index (χ1n) is 11.7. The summed E-state index contributed by atoms with van der Waals surface area (Å²) in [5.41, 5.74) is 0.155. The maximum Gasteiger partial charge on any atom is 0.299 e.